The van der Waals surface area contributed by atoms with Crippen molar-refractivity contribution in [2.75, 3.05) is 39.0 Å². The Morgan fingerprint density at radius 3 is 2.53 bits per heavy atom. The van der Waals surface area contributed by atoms with Gasteiger partial charge in [0.2, 0.25) is 5.91 Å². The van der Waals surface area contributed by atoms with Crippen molar-refractivity contribution >= 4 is 33.2 Å². The summed E-state index contributed by atoms with van der Waals surface area (Å²) in [6, 6.07) is -0.778. The first-order valence-corrected chi connectivity index (χ1v) is 21.0. The number of halogens is 2. The molecule has 3 aliphatic heterocycles. The van der Waals surface area contributed by atoms with Crippen molar-refractivity contribution in [1.29, 1.82) is 0 Å². The van der Waals surface area contributed by atoms with Crippen LogP contribution >= 0.6 is 11.6 Å². The number of hydrogen-bond acceptors (Lipinski definition) is 8. The fourth-order valence-corrected chi connectivity index (χ4v) is 10.8. The van der Waals surface area contributed by atoms with Gasteiger partial charge in [0.1, 0.15) is 0 Å². The summed E-state index contributed by atoms with van der Waals surface area (Å²) in [6.45, 7) is 5.44. The van der Waals surface area contributed by atoms with Gasteiger partial charge >= 0.3 is 0 Å². The number of nitrogens with one attached hydrogen (secondary N) is 2. The molecule has 5 rings (SSSR count). The first-order valence-electron chi connectivity index (χ1n) is 18.6. The Balaban J connectivity index is 1.43. The Bertz CT molecular complexity index is 1220. The number of amides is 1. The number of carbonyl (C=O) groups is 1. The average molecular weight is 699 g/mol. The molecule has 0 aromatic rings. The predicted octanol–water partition coefficient (Wildman–Crippen LogP) is 4.53. The van der Waals surface area contributed by atoms with Crippen molar-refractivity contribution in [3.05, 3.63) is 5.83 Å². The van der Waals surface area contributed by atoms with Crippen LogP contribution in [0.5, 0.6) is 0 Å². The number of aliphatic imine (C=N–C) groups is 1. The second kappa shape index (κ2) is 16.8. The van der Waals surface area contributed by atoms with E-state index in [1.54, 1.807) is 0 Å². The molecular weight excluding hydrogens is 639 g/mol. The maximum absolute atomic E-state index is 15.0. The Hall–Kier alpha value is -1.07. The van der Waals surface area contributed by atoms with Gasteiger partial charge in [0.05, 0.1) is 34.8 Å². The summed E-state index contributed by atoms with van der Waals surface area (Å²) in [4.78, 5) is 23.9. The Morgan fingerprint density at radius 1 is 1.11 bits per heavy atom. The molecule has 1 amide bonds. The van der Waals surface area contributed by atoms with E-state index in [2.05, 4.69) is 38.2 Å². The van der Waals surface area contributed by atoms with E-state index in [4.69, 9.17) is 17.3 Å². The van der Waals surface area contributed by atoms with E-state index in [1.807, 2.05) is 0 Å². The summed E-state index contributed by atoms with van der Waals surface area (Å²) in [5, 5.41) is 6.31. The number of nitrogens with zero attached hydrogens (tertiary/aromatic N) is 3. The van der Waals surface area contributed by atoms with Gasteiger partial charge in [0.25, 0.3) is 0 Å². The molecule has 1 spiro atoms. The van der Waals surface area contributed by atoms with Gasteiger partial charge in [-0.1, -0.05) is 51.9 Å². The first-order chi connectivity index (χ1) is 22.5. The average Bonchev–Trinajstić information content (AvgIpc) is 3.72. The maximum Gasteiger partial charge on any atom is 0.228 e. The number of hydrogen-bond donors (Lipinski definition) is 3. The van der Waals surface area contributed by atoms with Crippen molar-refractivity contribution in [2.45, 2.75) is 151 Å². The van der Waals surface area contributed by atoms with Crippen LogP contribution in [0, 0.1) is 11.3 Å². The van der Waals surface area contributed by atoms with Crippen molar-refractivity contribution < 1.29 is 17.6 Å². The van der Waals surface area contributed by atoms with E-state index in [0.717, 1.165) is 83.6 Å². The van der Waals surface area contributed by atoms with Crippen LogP contribution < -0.4 is 16.4 Å². The monoisotopic (exact) mass is 698 g/mol. The zero-order valence-electron chi connectivity index (χ0n) is 28.8. The highest BCUT2D eigenvalue weighted by Crippen LogP contribution is 2.46. The number of likely N-dealkylation sites (tertiary alicyclic amines) is 2. The molecule has 7 unspecified atom stereocenters. The van der Waals surface area contributed by atoms with E-state index in [-0.39, 0.29) is 40.7 Å². The normalized spacial score (nSPS) is 32.5. The van der Waals surface area contributed by atoms with Gasteiger partial charge in [-0.15, -0.1) is 11.6 Å². The number of allylic oxidation sites excluding steroid dienone is 1. The van der Waals surface area contributed by atoms with Crippen molar-refractivity contribution in [3.63, 3.8) is 0 Å². The van der Waals surface area contributed by atoms with E-state index < -0.39 is 33.2 Å². The maximum atomic E-state index is 15.0. The molecule has 0 radical (unpaired) electrons. The van der Waals surface area contributed by atoms with Crippen LogP contribution in [-0.4, -0.2) is 110 Å². The molecule has 0 aromatic heterocycles. The lowest BCUT2D eigenvalue weighted by Gasteiger charge is -2.47. The zero-order chi connectivity index (χ0) is 33.6. The van der Waals surface area contributed by atoms with Crippen LogP contribution in [0.15, 0.2) is 10.8 Å². The van der Waals surface area contributed by atoms with Gasteiger partial charge in [-0.25, -0.2) is 17.8 Å². The summed E-state index contributed by atoms with van der Waals surface area (Å²) < 4.78 is 39.9. The molecule has 2 saturated carbocycles. The molecule has 12 heteroatoms. The van der Waals surface area contributed by atoms with Crippen LogP contribution in [0.3, 0.4) is 0 Å². The SMILES string of the molecule is CCCCCN1CC(Cl)C(N2CCC(S(C)(=O)=O)C2)C(NC(=O)C(C2CC3(CCCCC3)CCC(F)=C=N2)C(N)NC2CCCC2)C1. The minimum Gasteiger partial charge on any atom is -0.350 e. The predicted molar refractivity (Wildman–Crippen MR) is 188 cm³/mol. The third kappa shape index (κ3) is 9.80. The molecule has 47 heavy (non-hydrogen) atoms. The second-order valence-electron chi connectivity index (χ2n) is 15.5. The van der Waals surface area contributed by atoms with Crippen molar-refractivity contribution in [3.8, 4) is 0 Å². The molecule has 2 aliphatic carbocycles. The minimum atomic E-state index is -3.19. The number of alkyl halides is 1. The van der Waals surface area contributed by atoms with Crippen molar-refractivity contribution in [1.82, 2.24) is 20.4 Å². The molecule has 7 atom stereocenters. The van der Waals surface area contributed by atoms with Crippen LogP contribution in [-0.2, 0) is 14.6 Å². The van der Waals surface area contributed by atoms with Gasteiger partial charge in [0, 0.05) is 50.3 Å². The lowest BCUT2D eigenvalue weighted by Crippen LogP contribution is -2.67. The van der Waals surface area contributed by atoms with Gasteiger partial charge in [-0.2, -0.15) is 0 Å². The Kier molecular flexibility index (Phi) is 13.3. The van der Waals surface area contributed by atoms with Crippen LogP contribution in [0.1, 0.15) is 110 Å². The van der Waals surface area contributed by atoms with Gasteiger partial charge in [-0.05, 0) is 69.9 Å². The lowest BCUT2D eigenvalue weighted by molar-refractivity contribution is -0.128. The minimum absolute atomic E-state index is 0.0572. The highest BCUT2D eigenvalue weighted by molar-refractivity contribution is 7.91. The fraction of sp³-hybridized carbons (Fsp3) is 0.914. The number of unbranched alkanes of at least 4 members (excludes halogenated alkanes) is 2. The molecule has 2 saturated heterocycles. The van der Waals surface area contributed by atoms with Crippen molar-refractivity contribution in [2.24, 2.45) is 22.1 Å². The zero-order valence-corrected chi connectivity index (χ0v) is 30.3. The fourth-order valence-electron chi connectivity index (χ4n) is 9.29. The summed E-state index contributed by atoms with van der Waals surface area (Å²) in [5.74, 6) is 1.44. The standard InChI is InChI=1S/C35H60ClFN6O3S/c1-3-4-10-18-42-23-28(36)32(43-19-14-27(22-43)47(2,45)46)30(24-42)41-34(44)31(33(38)40-26-11-6-7-12-26)29-20-35(15-8-5-9-16-35)17-13-25(37)21-39-29/h26-33,40H,3-20,22-24,38H2,1-2H3,(H,41,44). The van der Waals surface area contributed by atoms with E-state index in [0.29, 0.717) is 45.4 Å². The Morgan fingerprint density at radius 2 is 1.85 bits per heavy atom. The molecule has 0 bridgehead atoms. The molecule has 0 aromatic carbocycles. The first kappa shape index (κ1) is 37.2. The summed E-state index contributed by atoms with van der Waals surface area (Å²) in [6.07, 6.45) is 16.1. The summed E-state index contributed by atoms with van der Waals surface area (Å²) >= 11 is 7.17. The van der Waals surface area contributed by atoms with Crippen LogP contribution in [0.4, 0.5) is 4.39 Å². The highest BCUT2D eigenvalue weighted by atomic mass is 35.5. The van der Waals surface area contributed by atoms with E-state index in [1.165, 1.54) is 12.7 Å². The number of nitrogens with two attached hydrogens (primary N) is 1. The summed E-state index contributed by atoms with van der Waals surface area (Å²) in [7, 11) is -3.19. The molecule has 9 nitrogen and oxygen atoms in total. The van der Waals surface area contributed by atoms with Crippen LogP contribution in [0.2, 0.25) is 0 Å². The third-order valence-corrected chi connectivity index (χ3v) is 13.9. The summed E-state index contributed by atoms with van der Waals surface area (Å²) in [5.41, 5.74) is 6.90. The molecule has 5 aliphatic rings. The topological polar surface area (TPSA) is 120 Å². The van der Waals surface area contributed by atoms with Gasteiger partial charge < -0.3 is 11.1 Å². The molecule has 3 heterocycles. The largest absolute Gasteiger partial charge is 0.350 e. The third-order valence-electron chi connectivity index (χ3n) is 11.9. The molecule has 268 valence electrons. The highest BCUT2D eigenvalue weighted by Gasteiger charge is 2.47. The quantitative estimate of drug-likeness (QED) is 0.156. The van der Waals surface area contributed by atoms with Gasteiger partial charge in [-0.3, -0.25) is 19.9 Å². The second-order valence-corrected chi connectivity index (χ2v) is 18.4. The molecule has 4 fully saturated rings. The number of piperidine rings is 1. The molecular formula is C35H60ClFN6O3S. The smallest absolute Gasteiger partial charge is 0.228 e. The van der Waals surface area contributed by atoms with E-state index >= 15 is 0 Å². The Labute approximate surface area is 288 Å². The van der Waals surface area contributed by atoms with E-state index in [9.17, 15) is 17.6 Å². The lowest BCUT2D eigenvalue weighted by atomic mass is 9.66. The van der Waals surface area contributed by atoms with Crippen LogP contribution in [0.25, 0.3) is 0 Å². The van der Waals surface area contributed by atoms with Gasteiger partial charge in [0.15, 0.2) is 15.7 Å². The number of sulfone groups is 1. The molecule has 4 N–H and O–H groups in total. The number of rotatable bonds is 12. The number of carbonyl (C=O) groups excluding carboxylic acids is 1.